The van der Waals surface area contributed by atoms with Gasteiger partial charge in [-0.3, -0.25) is 9.69 Å². The Morgan fingerprint density at radius 3 is 2.95 bits per heavy atom. The number of carbonyl (C=O) groups is 1. The molecule has 1 amide bonds. The zero-order valence-electron chi connectivity index (χ0n) is 12.3. The van der Waals surface area contributed by atoms with Crippen LogP contribution in [0.25, 0.3) is 0 Å². The lowest BCUT2D eigenvalue weighted by Crippen LogP contribution is -2.43. The zero-order valence-corrected chi connectivity index (χ0v) is 12.3. The van der Waals surface area contributed by atoms with E-state index in [4.69, 9.17) is 5.73 Å². The van der Waals surface area contributed by atoms with Gasteiger partial charge in [-0.05, 0) is 37.9 Å². The van der Waals surface area contributed by atoms with Crippen molar-refractivity contribution >= 4 is 11.6 Å². The molecule has 1 unspecified atom stereocenters. The third kappa shape index (κ3) is 3.73. The zero-order chi connectivity index (χ0) is 14.4. The number of hydrogen-bond acceptors (Lipinski definition) is 3. The monoisotopic (exact) mass is 275 g/mol. The van der Waals surface area contributed by atoms with E-state index in [9.17, 15) is 4.79 Å². The van der Waals surface area contributed by atoms with Gasteiger partial charge in [0.25, 0.3) is 5.91 Å². The molecule has 1 saturated heterocycles. The minimum atomic E-state index is -0.0758. The van der Waals surface area contributed by atoms with Gasteiger partial charge in [-0.15, -0.1) is 0 Å². The first-order valence-corrected chi connectivity index (χ1v) is 7.59. The Bertz CT molecular complexity index is 447. The van der Waals surface area contributed by atoms with Crippen molar-refractivity contribution in [2.24, 2.45) is 0 Å². The summed E-state index contributed by atoms with van der Waals surface area (Å²) in [5.41, 5.74) is 6.91. The lowest BCUT2D eigenvalue weighted by Gasteiger charge is -2.35. The molecule has 4 nitrogen and oxygen atoms in total. The van der Waals surface area contributed by atoms with Crippen LogP contribution < -0.4 is 11.1 Å². The van der Waals surface area contributed by atoms with Crippen LogP contribution in [0.2, 0.25) is 0 Å². The first kappa shape index (κ1) is 14.9. The second kappa shape index (κ2) is 7.29. The summed E-state index contributed by atoms with van der Waals surface area (Å²) in [6.07, 6.45) is 5.09. The summed E-state index contributed by atoms with van der Waals surface area (Å²) < 4.78 is 0. The third-order valence-electron chi connectivity index (χ3n) is 4.11. The Morgan fingerprint density at radius 2 is 2.20 bits per heavy atom. The van der Waals surface area contributed by atoms with Gasteiger partial charge in [-0.2, -0.15) is 0 Å². The Kier molecular flexibility index (Phi) is 5.41. The molecule has 0 bridgehead atoms. The summed E-state index contributed by atoms with van der Waals surface area (Å²) in [6.45, 7) is 5.01. The minimum Gasteiger partial charge on any atom is -0.398 e. The number of rotatable bonds is 5. The molecule has 1 aromatic rings. The molecule has 1 fully saturated rings. The van der Waals surface area contributed by atoms with Crippen molar-refractivity contribution in [1.29, 1.82) is 0 Å². The molecule has 0 aromatic heterocycles. The SMILES string of the molecule is CCC1CCCCN1CCNC(=O)c1ccccc1N. The van der Waals surface area contributed by atoms with E-state index < -0.39 is 0 Å². The number of nitrogens with one attached hydrogen (secondary N) is 1. The molecule has 0 spiro atoms. The molecule has 1 atom stereocenters. The first-order valence-electron chi connectivity index (χ1n) is 7.59. The number of hydrogen-bond donors (Lipinski definition) is 2. The molecular weight excluding hydrogens is 250 g/mol. The van der Waals surface area contributed by atoms with Gasteiger partial charge in [0.05, 0.1) is 5.56 Å². The van der Waals surface area contributed by atoms with Crippen LogP contribution >= 0.6 is 0 Å². The highest BCUT2D eigenvalue weighted by atomic mass is 16.1. The van der Waals surface area contributed by atoms with Crippen LogP contribution in [-0.2, 0) is 0 Å². The highest BCUT2D eigenvalue weighted by Gasteiger charge is 2.20. The van der Waals surface area contributed by atoms with Crippen molar-refractivity contribution < 1.29 is 4.79 Å². The number of likely N-dealkylation sites (tertiary alicyclic amines) is 1. The average molecular weight is 275 g/mol. The molecule has 2 rings (SSSR count). The largest absolute Gasteiger partial charge is 0.398 e. The molecule has 20 heavy (non-hydrogen) atoms. The molecule has 3 N–H and O–H groups in total. The smallest absolute Gasteiger partial charge is 0.253 e. The molecule has 0 aliphatic carbocycles. The normalized spacial score (nSPS) is 19.8. The molecule has 1 aliphatic heterocycles. The van der Waals surface area contributed by atoms with E-state index in [1.807, 2.05) is 12.1 Å². The van der Waals surface area contributed by atoms with E-state index in [1.165, 1.54) is 25.7 Å². The van der Waals surface area contributed by atoms with Gasteiger partial charge in [0.2, 0.25) is 0 Å². The van der Waals surface area contributed by atoms with Crippen molar-refractivity contribution in [3.05, 3.63) is 29.8 Å². The van der Waals surface area contributed by atoms with Crippen LogP contribution in [0.1, 0.15) is 43.0 Å². The van der Waals surface area contributed by atoms with Gasteiger partial charge in [-0.25, -0.2) is 0 Å². The molecule has 0 radical (unpaired) electrons. The molecule has 4 heteroatoms. The van der Waals surface area contributed by atoms with Gasteiger partial charge in [0.15, 0.2) is 0 Å². The van der Waals surface area contributed by atoms with E-state index in [2.05, 4.69) is 17.1 Å². The summed E-state index contributed by atoms with van der Waals surface area (Å²) in [4.78, 5) is 14.5. The maximum absolute atomic E-state index is 12.0. The fourth-order valence-corrected chi connectivity index (χ4v) is 2.93. The molecule has 1 aliphatic rings. The second-order valence-electron chi connectivity index (χ2n) is 5.44. The Hall–Kier alpha value is -1.55. The Labute approximate surface area is 121 Å². The molecule has 1 heterocycles. The van der Waals surface area contributed by atoms with Crippen molar-refractivity contribution in [2.45, 2.75) is 38.6 Å². The minimum absolute atomic E-state index is 0.0758. The number of para-hydroxylation sites is 1. The highest BCUT2D eigenvalue weighted by Crippen LogP contribution is 2.18. The van der Waals surface area contributed by atoms with E-state index in [0.717, 1.165) is 13.1 Å². The number of nitrogens with zero attached hydrogens (tertiary/aromatic N) is 1. The quantitative estimate of drug-likeness (QED) is 0.810. The summed E-state index contributed by atoms with van der Waals surface area (Å²) in [6, 6.07) is 7.88. The fraction of sp³-hybridized carbons (Fsp3) is 0.562. The Morgan fingerprint density at radius 1 is 1.40 bits per heavy atom. The van der Waals surface area contributed by atoms with E-state index in [0.29, 0.717) is 23.8 Å². The number of amides is 1. The Balaban J connectivity index is 1.80. The van der Waals surface area contributed by atoms with Gasteiger partial charge in [-0.1, -0.05) is 25.5 Å². The molecular formula is C16H25N3O. The standard InChI is InChI=1S/C16H25N3O/c1-2-13-7-5-6-11-19(13)12-10-18-16(20)14-8-3-4-9-15(14)17/h3-4,8-9,13H,2,5-7,10-12,17H2,1H3,(H,18,20). The van der Waals surface area contributed by atoms with Crippen LogP contribution in [0.5, 0.6) is 0 Å². The van der Waals surface area contributed by atoms with Crippen molar-refractivity contribution in [1.82, 2.24) is 10.2 Å². The number of anilines is 1. The molecule has 0 saturated carbocycles. The van der Waals surface area contributed by atoms with Gasteiger partial charge < -0.3 is 11.1 Å². The van der Waals surface area contributed by atoms with Crippen LogP contribution in [0.4, 0.5) is 5.69 Å². The third-order valence-corrected chi connectivity index (χ3v) is 4.11. The van der Waals surface area contributed by atoms with Crippen LogP contribution in [0.3, 0.4) is 0 Å². The van der Waals surface area contributed by atoms with Crippen molar-refractivity contribution in [3.63, 3.8) is 0 Å². The molecule has 1 aromatic carbocycles. The lowest BCUT2D eigenvalue weighted by atomic mass is 10.0. The van der Waals surface area contributed by atoms with Gasteiger partial charge in [0.1, 0.15) is 0 Å². The second-order valence-corrected chi connectivity index (χ2v) is 5.44. The number of nitrogen functional groups attached to an aromatic ring is 1. The fourth-order valence-electron chi connectivity index (χ4n) is 2.93. The lowest BCUT2D eigenvalue weighted by molar-refractivity contribution is 0.0935. The van der Waals surface area contributed by atoms with Gasteiger partial charge in [0, 0.05) is 24.8 Å². The maximum Gasteiger partial charge on any atom is 0.253 e. The number of piperidine rings is 1. The summed E-state index contributed by atoms with van der Waals surface area (Å²) in [5, 5.41) is 2.97. The summed E-state index contributed by atoms with van der Waals surface area (Å²) in [5.74, 6) is -0.0758. The topological polar surface area (TPSA) is 58.4 Å². The number of carbonyl (C=O) groups excluding carboxylic acids is 1. The van der Waals surface area contributed by atoms with E-state index in [1.54, 1.807) is 12.1 Å². The first-order chi connectivity index (χ1) is 9.72. The predicted molar refractivity (Wildman–Crippen MR) is 82.7 cm³/mol. The number of nitrogens with two attached hydrogens (primary N) is 1. The van der Waals surface area contributed by atoms with E-state index in [-0.39, 0.29) is 5.91 Å². The van der Waals surface area contributed by atoms with Crippen molar-refractivity contribution in [3.8, 4) is 0 Å². The van der Waals surface area contributed by atoms with E-state index >= 15 is 0 Å². The van der Waals surface area contributed by atoms with Crippen LogP contribution in [0, 0.1) is 0 Å². The predicted octanol–water partition coefficient (Wildman–Crippen LogP) is 2.26. The summed E-state index contributed by atoms with van der Waals surface area (Å²) >= 11 is 0. The highest BCUT2D eigenvalue weighted by molar-refractivity contribution is 5.99. The molecule has 110 valence electrons. The summed E-state index contributed by atoms with van der Waals surface area (Å²) in [7, 11) is 0. The van der Waals surface area contributed by atoms with Crippen LogP contribution in [-0.4, -0.2) is 36.5 Å². The van der Waals surface area contributed by atoms with Gasteiger partial charge >= 0.3 is 0 Å². The number of benzene rings is 1. The maximum atomic E-state index is 12.0. The average Bonchev–Trinajstić information content (AvgIpc) is 2.48. The van der Waals surface area contributed by atoms with Crippen LogP contribution in [0.15, 0.2) is 24.3 Å². The van der Waals surface area contributed by atoms with Crippen molar-refractivity contribution in [2.75, 3.05) is 25.4 Å².